The van der Waals surface area contributed by atoms with E-state index in [2.05, 4.69) is 5.32 Å². The maximum absolute atomic E-state index is 13.2. The van der Waals surface area contributed by atoms with E-state index < -0.39 is 6.04 Å². The van der Waals surface area contributed by atoms with E-state index >= 15 is 0 Å². The number of rotatable bonds is 8. The summed E-state index contributed by atoms with van der Waals surface area (Å²) in [6.07, 6.45) is 0. The van der Waals surface area contributed by atoms with Gasteiger partial charge in [0, 0.05) is 17.8 Å². The lowest BCUT2D eigenvalue weighted by Crippen LogP contribution is -2.52. The van der Waals surface area contributed by atoms with Gasteiger partial charge in [0.1, 0.15) is 11.8 Å². The van der Waals surface area contributed by atoms with Crippen LogP contribution in [0.4, 0.5) is 5.69 Å². The van der Waals surface area contributed by atoms with Crippen LogP contribution in [0.2, 0.25) is 0 Å². The lowest BCUT2D eigenvalue weighted by atomic mass is 10.0. The Morgan fingerprint density at radius 3 is 2.29 bits per heavy atom. The molecule has 2 aromatic rings. The Labute approximate surface area is 165 Å². The number of benzene rings is 2. The number of ketones is 1. The minimum Gasteiger partial charge on any atom is -0.399 e. The molecule has 28 heavy (non-hydrogen) atoms. The summed E-state index contributed by atoms with van der Waals surface area (Å²) in [6, 6.07) is 15.2. The minimum absolute atomic E-state index is 0.0297. The molecule has 0 aliphatic carbocycles. The molecule has 3 N–H and O–H groups in total. The van der Waals surface area contributed by atoms with Gasteiger partial charge in [-0.1, -0.05) is 44.2 Å². The number of hydrogen-bond donors (Lipinski definition) is 2. The van der Waals surface area contributed by atoms with Gasteiger partial charge in [0.05, 0.1) is 6.54 Å². The predicted octanol–water partition coefficient (Wildman–Crippen LogP) is 2.64. The summed E-state index contributed by atoms with van der Waals surface area (Å²) < 4.78 is 0. The van der Waals surface area contributed by atoms with E-state index in [1.54, 1.807) is 42.5 Å². The van der Waals surface area contributed by atoms with E-state index in [0.717, 1.165) is 5.56 Å². The molecule has 0 bridgehead atoms. The van der Waals surface area contributed by atoms with Gasteiger partial charge in [0.15, 0.2) is 0 Å². The molecule has 0 aromatic heterocycles. The molecule has 1 atom stereocenters. The summed E-state index contributed by atoms with van der Waals surface area (Å²) in [4.78, 5) is 39.0. The van der Waals surface area contributed by atoms with Crippen LogP contribution in [0, 0.1) is 5.92 Å². The number of hydrogen-bond acceptors (Lipinski definition) is 4. The van der Waals surface area contributed by atoms with Crippen molar-refractivity contribution < 1.29 is 14.4 Å². The van der Waals surface area contributed by atoms with Crippen LogP contribution in [0.15, 0.2) is 54.6 Å². The maximum Gasteiger partial charge on any atom is 0.251 e. The monoisotopic (exact) mass is 381 g/mol. The van der Waals surface area contributed by atoms with E-state index in [0.29, 0.717) is 11.3 Å². The van der Waals surface area contributed by atoms with Crippen LogP contribution in [0.25, 0.3) is 0 Å². The molecular formula is C22H27N3O3. The molecule has 6 nitrogen and oxygen atoms in total. The Hall–Kier alpha value is -3.15. The molecule has 0 aliphatic rings. The van der Waals surface area contributed by atoms with Gasteiger partial charge in [-0.15, -0.1) is 0 Å². The van der Waals surface area contributed by atoms with E-state index in [-0.39, 0.29) is 36.6 Å². The normalized spacial score (nSPS) is 11.7. The highest BCUT2D eigenvalue weighted by atomic mass is 16.2. The second-order valence-corrected chi connectivity index (χ2v) is 7.20. The third-order valence-corrected chi connectivity index (χ3v) is 4.30. The Balaban J connectivity index is 2.22. The van der Waals surface area contributed by atoms with Gasteiger partial charge in [0.25, 0.3) is 5.91 Å². The van der Waals surface area contributed by atoms with E-state index in [9.17, 15) is 14.4 Å². The van der Waals surface area contributed by atoms with E-state index in [1.807, 2.05) is 26.0 Å². The van der Waals surface area contributed by atoms with Crippen LogP contribution in [-0.4, -0.2) is 35.1 Å². The van der Waals surface area contributed by atoms with Gasteiger partial charge in [-0.05, 0) is 42.7 Å². The highest BCUT2D eigenvalue weighted by Gasteiger charge is 2.29. The smallest absolute Gasteiger partial charge is 0.251 e. The van der Waals surface area contributed by atoms with Gasteiger partial charge in [-0.25, -0.2) is 0 Å². The molecule has 2 rings (SSSR count). The second-order valence-electron chi connectivity index (χ2n) is 7.20. The summed E-state index contributed by atoms with van der Waals surface area (Å²) in [6.45, 7) is 5.37. The number of anilines is 1. The molecule has 2 aromatic carbocycles. The molecule has 1 unspecified atom stereocenters. The fourth-order valence-electron chi connectivity index (χ4n) is 2.92. The van der Waals surface area contributed by atoms with Crippen molar-refractivity contribution in [3.63, 3.8) is 0 Å². The van der Waals surface area contributed by atoms with Crippen molar-refractivity contribution in [3.8, 4) is 0 Å². The molecular weight excluding hydrogens is 354 g/mol. The van der Waals surface area contributed by atoms with Crippen LogP contribution < -0.4 is 11.1 Å². The fourth-order valence-corrected chi connectivity index (χ4v) is 2.92. The van der Waals surface area contributed by atoms with Gasteiger partial charge < -0.3 is 16.0 Å². The lowest BCUT2D eigenvalue weighted by Gasteiger charge is -2.29. The average Bonchev–Trinajstić information content (AvgIpc) is 2.65. The fraction of sp³-hybridized carbons (Fsp3) is 0.318. The van der Waals surface area contributed by atoms with Crippen molar-refractivity contribution in [1.82, 2.24) is 10.2 Å². The molecule has 2 amide bonds. The van der Waals surface area contributed by atoms with Crippen LogP contribution in [0.3, 0.4) is 0 Å². The summed E-state index contributed by atoms with van der Waals surface area (Å²) in [7, 11) is 0. The SMILES string of the molecule is CC(=O)CN(Cc1cccc(N)c1)C(=O)C(NC(=O)c1ccccc1)C(C)C. The van der Waals surface area contributed by atoms with Crippen molar-refractivity contribution in [1.29, 1.82) is 0 Å². The highest BCUT2D eigenvalue weighted by Crippen LogP contribution is 2.14. The average molecular weight is 381 g/mol. The van der Waals surface area contributed by atoms with Gasteiger partial charge in [-0.2, -0.15) is 0 Å². The third kappa shape index (κ3) is 5.94. The number of nitrogens with two attached hydrogens (primary N) is 1. The van der Waals surface area contributed by atoms with Crippen LogP contribution in [-0.2, 0) is 16.1 Å². The Bertz CT molecular complexity index is 834. The van der Waals surface area contributed by atoms with E-state index in [1.165, 1.54) is 11.8 Å². The quantitative estimate of drug-likeness (QED) is 0.688. The number of carbonyl (C=O) groups is 3. The first-order chi connectivity index (χ1) is 13.3. The standard InChI is InChI=1S/C22H27N3O3/c1-15(2)20(24-21(27)18-9-5-4-6-10-18)22(28)25(13-16(3)26)14-17-8-7-11-19(23)12-17/h4-12,15,20H,13-14,23H2,1-3H3,(H,24,27). The molecule has 0 heterocycles. The Kier molecular flexibility index (Phi) is 7.32. The minimum atomic E-state index is -0.742. The number of carbonyl (C=O) groups excluding carboxylic acids is 3. The summed E-state index contributed by atoms with van der Waals surface area (Å²) in [5.74, 6) is -0.888. The number of nitrogens with zero attached hydrogens (tertiary/aromatic N) is 1. The Morgan fingerprint density at radius 1 is 1.04 bits per heavy atom. The zero-order chi connectivity index (χ0) is 20.7. The first-order valence-corrected chi connectivity index (χ1v) is 9.26. The molecule has 0 fully saturated rings. The first kappa shape index (κ1) is 21.2. The van der Waals surface area contributed by atoms with Gasteiger partial charge in [-0.3, -0.25) is 14.4 Å². The Morgan fingerprint density at radius 2 is 1.71 bits per heavy atom. The van der Waals surface area contributed by atoms with Crippen molar-refractivity contribution >= 4 is 23.3 Å². The van der Waals surface area contributed by atoms with Crippen LogP contribution >= 0.6 is 0 Å². The van der Waals surface area contributed by atoms with Crippen molar-refractivity contribution in [2.24, 2.45) is 5.92 Å². The summed E-state index contributed by atoms with van der Waals surface area (Å²) in [5.41, 5.74) is 7.72. The van der Waals surface area contributed by atoms with Crippen LogP contribution in [0.1, 0.15) is 36.7 Å². The number of Topliss-reactive ketones (excluding diaryl/α,β-unsaturated/α-hetero) is 1. The zero-order valence-corrected chi connectivity index (χ0v) is 16.5. The third-order valence-electron chi connectivity index (χ3n) is 4.30. The molecule has 0 aliphatic heterocycles. The topological polar surface area (TPSA) is 92.5 Å². The predicted molar refractivity (Wildman–Crippen MR) is 109 cm³/mol. The lowest BCUT2D eigenvalue weighted by molar-refractivity contribution is -0.138. The highest BCUT2D eigenvalue weighted by molar-refractivity contribution is 5.98. The number of amides is 2. The largest absolute Gasteiger partial charge is 0.399 e. The molecule has 148 valence electrons. The van der Waals surface area contributed by atoms with Crippen molar-refractivity contribution in [2.75, 3.05) is 12.3 Å². The molecule has 0 saturated heterocycles. The summed E-state index contributed by atoms with van der Waals surface area (Å²) in [5, 5.41) is 2.82. The first-order valence-electron chi connectivity index (χ1n) is 9.26. The number of nitrogens with one attached hydrogen (secondary N) is 1. The molecule has 0 spiro atoms. The second kappa shape index (κ2) is 9.69. The van der Waals surface area contributed by atoms with Gasteiger partial charge >= 0.3 is 0 Å². The van der Waals surface area contributed by atoms with Crippen LogP contribution in [0.5, 0.6) is 0 Å². The van der Waals surface area contributed by atoms with Crippen molar-refractivity contribution in [2.45, 2.75) is 33.4 Å². The van der Waals surface area contributed by atoms with E-state index in [4.69, 9.17) is 5.73 Å². The van der Waals surface area contributed by atoms with Gasteiger partial charge in [0.2, 0.25) is 5.91 Å². The number of nitrogen functional groups attached to an aromatic ring is 1. The molecule has 6 heteroatoms. The molecule has 0 radical (unpaired) electrons. The zero-order valence-electron chi connectivity index (χ0n) is 16.5. The molecule has 0 saturated carbocycles. The maximum atomic E-state index is 13.2. The summed E-state index contributed by atoms with van der Waals surface area (Å²) >= 11 is 0. The van der Waals surface area contributed by atoms with Crippen molar-refractivity contribution in [3.05, 3.63) is 65.7 Å².